The van der Waals surface area contributed by atoms with Crippen LogP contribution in [-0.2, 0) is 8.92 Å². The quantitative estimate of drug-likeness (QED) is 0.373. The van der Waals surface area contributed by atoms with Crippen molar-refractivity contribution in [2.24, 2.45) is 0 Å². The summed E-state index contributed by atoms with van der Waals surface area (Å²) < 4.78 is 17.0. The van der Waals surface area contributed by atoms with E-state index in [1.807, 2.05) is 0 Å². The van der Waals surface area contributed by atoms with Crippen molar-refractivity contribution in [3.63, 3.8) is 0 Å². The molecule has 10 heteroatoms. The van der Waals surface area contributed by atoms with Crippen LogP contribution < -0.4 is 19.2 Å². The Bertz CT molecular complexity index is 73.7. The van der Waals surface area contributed by atoms with Gasteiger partial charge >= 0.3 is 55.1 Å². The van der Waals surface area contributed by atoms with Gasteiger partial charge in [0.05, 0.1) is 0 Å². The van der Waals surface area contributed by atoms with Crippen LogP contribution >= 0.6 is 0 Å². The summed E-state index contributed by atoms with van der Waals surface area (Å²) in [6.07, 6.45) is 0. The van der Waals surface area contributed by atoms with Crippen LogP contribution in [0.5, 0.6) is 0 Å². The molecular formula is AlCaO6Si2+. The second-order valence-corrected chi connectivity index (χ2v) is 1.50. The van der Waals surface area contributed by atoms with Crippen LogP contribution in [0, 0.1) is 0 Å². The predicted octanol–water partition coefficient (Wildman–Crippen LogP) is -6.52. The van der Waals surface area contributed by atoms with E-state index in [4.69, 9.17) is 28.1 Å². The zero-order valence-corrected chi connectivity index (χ0v) is 10.1. The Hall–Kier alpha value is 1.03. The maximum atomic E-state index is 8.52. The average Bonchev–Trinajstić information content (AvgIpc) is 1.25. The second-order valence-electron chi connectivity index (χ2n) is 0.500. The van der Waals surface area contributed by atoms with Gasteiger partial charge in [-0.05, 0) is 0 Å². The Morgan fingerprint density at radius 2 is 0.800 bits per heavy atom. The number of hydrogen-bond acceptors (Lipinski definition) is 6. The summed E-state index contributed by atoms with van der Waals surface area (Å²) in [5.41, 5.74) is 0. The fourth-order valence-electron chi connectivity index (χ4n) is 0. The molecule has 0 aromatic rings. The Morgan fingerprint density at radius 1 is 0.800 bits per heavy atom. The standard InChI is InChI=1S/Al.Ca.2O3Si/c;;2*1-4(2)3/q+3;+2;2*-2. The van der Waals surface area contributed by atoms with Crippen LogP contribution in [0.3, 0.4) is 0 Å². The Labute approximate surface area is 100 Å². The molecule has 0 rings (SSSR count). The Morgan fingerprint density at radius 3 is 0.800 bits per heavy atom. The molecule has 0 aliphatic heterocycles. The van der Waals surface area contributed by atoms with Crippen LogP contribution in [0.4, 0.5) is 0 Å². The van der Waals surface area contributed by atoms with Gasteiger partial charge in [0, 0.05) is 18.3 Å². The van der Waals surface area contributed by atoms with Crippen LogP contribution in [0.15, 0.2) is 0 Å². The van der Waals surface area contributed by atoms with Crippen molar-refractivity contribution in [3.05, 3.63) is 0 Å². The summed E-state index contributed by atoms with van der Waals surface area (Å²) in [5, 5.41) is 0. The van der Waals surface area contributed by atoms with Gasteiger partial charge < -0.3 is 28.1 Å². The topological polar surface area (TPSA) is 126 Å². The first-order chi connectivity index (χ1) is 3.46. The van der Waals surface area contributed by atoms with Crippen molar-refractivity contribution in [3.8, 4) is 0 Å². The molecule has 0 radical (unpaired) electrons. The average molecular weight is 219 g/mol. The van der Waals surface area contributed by atoms with Gasteiger partial charge in [0.15, 0.2) is 0 Å². The molecule has 0 atom stereocenters. The van der Waals surface area contributed by atoms with Crippen molar-refractivity contribution in [1.29, 1.82) is 0 Å². The maximum Gasteiger partial charge on any atom is 3.00 e. The largest absolute Gasteiger partial charge is 3.00 e. The molecule has 0 fully saturated rings. The molecule has 6 nitrogen and oxygen atoms in total. The number of hydrogen-bond donors (Lipinski definition) is 0. The molecule has 0 bridgehead atoms. The van der Waals surface area contributed by atoms with E-state index < -0.39 is 18.3 Å². The van der Waals surface area contributed by atoms with E-state index in [1.54, 1.807) is 0 Å². The minimum absolute atomic E-state index is 0. The van der Waals surface area contributed by atoms with Crippen LogP contribution in [-0.4, -0.2) is 73.4 Å². The van der Waals surface area contributed by atoms with Gasteiger partial charge in [-0.25, -0.2) is 0 Å². The van der Waals surface area contributed by atoms with Gasteiger partial charge in [0.2, 0.25) is 0 Å². The molecule has 0 saturated carbocycles. The molecule has 10 heavy (non-hydrogen) atoms. The first-order valence-corrected chi connectivity index (χ1v) is 3.67. The summed E-state index contributed by atoms with van der Waals surface area (Å²) in [6, 6.07) is 0. The molecule has 0 spiro atoms. The predicted molar refractivity (Wildman–Crippen MR) is 24.4 cm³/mol. The summed E-state index contributed by atoms with van der Waals surface area (Å²) in [7, 11) is -7.26. The zero-order chi connectivity index (χ0) is 7.15. The van der Waals surface area contributed by atoms with Gasteiger partial charge in [-0.2, -0.15) is 0 Å². The maximum absolute atomic E-state index is 8.52. The van der Waals surface area contributed by atoms with E-state index in [1.165, 1.54) is 0 Å². The Balaban J connectivity index is -0.0000000300. The summed E-state index contributed by atoms with van der Waals surface area (Å²) >= 11 is 0. The molecule has 0 aliphatic carbocycles. The normalized spacial score (nSPS) is 4.80. The SMILES string of the molecule is O=[Si]([O-])[O-].O=[Si]([O-])[O-].[Al+3].[Ca+2]. The first-order valence-electron chi connectivity index (χ1n) is 1.22. The van der Waals surface area contributed by atoms with Gasteiger partial charge in [0.1, 0.15) is 0 Å². The molecule has 48 valence electrons. The molecule has 0 aromatic carbocycles. The van der Waals surface area contributed by atoms with Crippen molar-refractivity contribution < 1.29 is 28.1 Å². The molecule has 0 unspecified atom stereocenters. The molecule has 0 N–H and O–H groups in total. The fraction of sp³-hybridized carbons (Fsp3) is 0. The minimum atomic E-state index is -3.63. The third kappa shape index (κ3) is 552. The molecule has 0 heterocycles. The van der Waals surface area contributed by atoms with Crippen molar-refractivity contribution in [2.45, 2.75) is 0 Å². The van der Waals surface area contributed by atoms with Crippen molar-refractivity contribution >= 4 is 73.4 Å². The van der Waals surface area contributed by atoms with Gasteiger partial charge in [-0.3, -0.25) is 0 Å². The van der Waals surface area contributed by atoms with Gasteiger partial charge in [-0.1, -0.05) is 0 Å². The van der Waals surface area contributed by atoms with E-state index in [0.29, 0.717) is 0 Å². The Kier molecular flexibility index (Phi) is 37.1. The van der Waals surface area contributed by atoms with E-state index in [9.17, 15) is 0 Å². The first kappa shape index (κ1) is 22.5. The molecular weight excluding hydrogens is 219 g/mol. The van der Waals surface area contributed by atoms with Crippen molar-refractivity contribution in [2.75, 3.05) is 0 Å². The van der Waals surface area contributed by atoms with E-state index in [-0.39, 0.29) is 55.1 Å². The summed E-state index contributed by atoms with van der Waals surface area (Å²) in [6.45, 7) is 0. The third-order valence-corrected chi connectivity index (χ3v) is 0. The van der Waals surface area contributed by atoms with Crippen LogP contribution in [0.25, 0.3) is 0 Å². The van der Waals surface area contributed by atoms with Crippen LogP contribution in [0.1, 0.15) is 0 Å². The summed E-state index contributed by atoms with van der Waals surface area (Å²) in [5.74, 6) is 0. The van der Waals surface area contributed by atoms with Gasteiger partial charge in [0.25, 0.3) is 0 Å². The number of rotatable bonds is 0. The summed E-state index contributed by atoms with van der Waals surface area (Å²) in [4.78, 5) is 34.1. The van der Waals surface area contributed by atoms with Crippen LogP contribution in [0.2, 0.25) is 0 Å². The minimum Gasteiger partial charge on any atom is -0.672 e. The molecule has 0 saturated heterocycles. The van der Waals surface area contributed by atoms with E-state index >= 15 is 0 Å². The molecule has 0 amide bonds. The molecule has 0 aromatic heterocycles. The van der Waals surface area contributed by atoms with Gasteiger partial charge in [-0.15, -0.1) is 0 Å². The fourth-order valence-corrected chi connectivity index (χ4v) is 0. The van der Waals surface area contributed by atoms with Crippen molar-refractivity contribution in [1.82, 2.24) is 0 Å². The monoisotopic (exact) mass is 219 g/mol. The second kappa shape index (κ2) is 16.5. The molecule has 0 aliphatic rings. The third-order valence-electron chi connectivity index (χ3n) is 0. The zero-order valence-electron chi connectivity index (χ0n) is 4.73. The van der Waals surface area contributed by atoms with E-state index in [2.05, 4.69) is 0 Å². The smallest absolute Gasteiger partial charge is 0.672 e. The van der Waals surface area contributed by atoms with E-state index in [0.717, 1.165) is 0 Å².